The number of aryl methyl sites for hydroxylation is 4. The quantitative estimate of drug-likeness (QED) is 0.227. The number of carbonyl (C=O) groups excluding carboxylic acids is 2. The Morgan fingerprint density at radius 2 is 1.27 bits per heavy atom. The van der Waals surface area contributed by atoms with Gasteiger partial charge in [-0.2, -0.15) is 0 Å². The zero-order chi connectivity index (χ0) is 29.1. The topological polar surface area (TPSA) is 34.1 Å². The summed E-state index contributed by atoms with van der Waals surface area (Å²) in [5, 5.41) is 0. The van der Waals surface area contributed by atoms with Gasteiger partial charge in [-0.3, -0.25) is 9.59 Å². The first-order valence-corrected chi connectivity index (χ1v) is 16.0. The Hall–Kier alpha value is -3.34. The lowest BCUT2D eigenvalue weighted by Gasteiger charge is -2.36. The van der Waals surface area contributed by atoms with E-state index in [1.807, 2.05) is 30.3 Å². The maximum atomic E-state index is 13.3. The normalized spacial score (nSPS) is 19.5. The summed E-state index contributed by atoms with van der Waals surface area (Å²) < 4.78 is 0. The number of carbonyl (C=O) groups is 2. The number of allylic oxidation sites excluding steroid dienone is 1. The van der Waals surface area contributed by atoms with Crippen LogP contribution in [0.4, 0.5) is 0 Å². The first-order chi connectivity index (χ1) is 19.7. The maximum Gasteiger partial charge on any atom is 0.175 e. The van der Waals surface area contributed by atoms with Crippen molar-refractivity contribution in [1.29, 1.82) is 0 Å². The molecule has 2 aliphatic rings. The molecule has 0 spiro atoms. The third kappa shape index (κ3) is 6.00. The molecule has 2 heterocycles. The van der Waals surface area contributed by atoms with Crippen molar-refractivity contribution < 1.29 is 9.59 Å². The molecule has 0 saturated heterocycles. The summed E-state index contributed by atoms with van der Waals surface area (Å²) in [4.78, 5) is 28.1. The molecule has 0 amide bonds. The van der Waals surface area contributed by atoms with Gasteiger partial charge in [0.2, 0.25) is 0 Å². The fourth-order valence-electron chi connectivity index (χ4n) is 5.50. The van der Waals surface area contributed by atoms with E-state index >= 15 is 0 Å². The number of fused-ring (bicyclic) bond motifs is 2. The standard InChI is InChI=1S/C20H20OS.C17H16OS/c1-4-11-20(16-8-5-14(2)6-9-16)13-22-18-12-15(3)7-10-17(18)19(20)21;1-11-3-6-13(7-4-11)15-10-19-16-9-12(2)5-8-14(16)17(15)18/h4-10,12H,1,11,13H2,2-3H3;3-9,15H,10H2,1-2H3. The van der Waals surface area contributed by atoms with Crippen molar-refractivity contribution in [2.45, 2.75) is 55.2 Å². The second-order valence-corrected chi connectivity index (χ2v) is 13.3. The Morgan fingerprint density at radius 1 is 0.732 bits per heavy atom. The van der Waals surface area contributed by atoms with Crippen LogP contribution in [0.15, 0.2) is 107 Å². The van der Waals surface area contributed by atoms with E-state index in [1.54, 1.807) is 23.5 Å². The van der Waals surface area contributed by atoms with Crippen molar-refractivity contribution in [3.8, 4) is 0 Å². The Labute approximate surface area is 252 Å². The average Bonchev–Trinajstić information content (AvgIpc) is 2.96. The van der Waals surface area contributed by atoms with Crippen molar-refractivity contribution in [3.63, 3.8) is 0 Å². The molecular weight excluding hydrogens is 541 g/mol. The molecule has 0 radical (unpaired) electrons. The predicted molar refractivity (Wildman–Crippen MR) is 174 cm³/mol. The molecule has 2 unspecified atom stereocenters. The molecule has 4 heteroatoms. The average molecular weight is 577 g/mol. The summed E-state index contributed by atoms with van der Waals surface area (Å²) in [7, 11) is 0. The number of benzene rings is 4. The van der Waals surface area contributed by atoms with E-state index in [2.05, 4.69) is 94.9 Å². The van der Waals surface area contributed by atoms with Gasteiger partial charge in [0, 0.05) is 32.4 Å². The Morgan fingerprint density at radius 3 is 1.88 bits per heavy atom. The van der Waals surface area contributed by atoms with Crippen LogP contribution in [-0.2, 0) is 5.41 Å². The number of ketones is 2. The van der Waals surface area contributed by atoms with Gasteiger partial charge in [0.05, 0.1) is 11.3 Å². The van der Waals surface area contributed by atoms with Gasteiger partial charge in [-0.25, -0.2) is 0 Å². The number of hydrogen-bond acceptors (Lipinski definition) is 4. The van der Waals surface area contributed by atoms with Crippen LogP contribution in [0.3, 0.4) is 0 Å². The minimum atomic E-state index is -0.484. The molecule has 0 bridgehead atoms. The first kappa shape index (κ1) is 29.2. The largest absolute Gasteiger partial charge is 0.293 e. The van der Waals surface area contributed by atoms with Gasteiger partial charge in [0.25, 0.3) is 0 Å². The van der Waals surface area contributed by atoms with Crippen LogP contribution < -0.4 is 0 Å². The highest BCUT2D eigenvalue weighted by Crippen LogP contribution is 2.44. The third-order valence-electron chi connectivity index (χ3n) is 7.99. The first-order valence-electron chi connectivity index (χ1n) is 14.0. The Bertz CT molecular complexity index is 1600. The van der Waals surface area contributed by atoms with E-state index < -0.39 is 5.41 Å². The maximum absolute atomic E-state index is 13.3. The Kier molecular flexibility index (Phi) is 8.72. The SMILES string of the molecule is C=CCC1(c2ccc(C)cc2)CSc2cc(C)ccc2C1=O.Cc1ccc(C2CSc3cc(C)ccc3C2=O)cc1. The molecule has 2 nitrogen and oxygen atoms in total. The minimum absolute atomic E-state index is 0.000746. The lowest BCUT2D eigenvalue weighted by Crippen LogP contribution is -2.41. The zero-order valence-electron chi connectivity index (χ0n) is 24.2. The van der Waals surface area contributed by atoms with Crippen LogP contribution in [0.5, 0.6) is 0 Å². The molecule has 0 fully saturated rings. The smallest absolute Gasteiger partial charge is 0.175 e. The molecule has 0 saturated carbocycles. The van der Waals surface area contributed by atoms with Crippen molar-refractivity contribution in [1.82, 2.24) is 0 Å². The van der Waals surface area contributed by atoms with Crippen LogP contribution in [0.2, 0.25) is 0 Å². The van der Waals surface area contributed by atoms with E-state index in [4.69, 9.17) is 0 Å². The van der Waals surface area contributed by atoms with Gasteiger partial charge in [0.1, 0.15) is 0 Å². The number of hydrogen-bond donors (Lipinski definition) is 0. The molecule has 4 aromatic rings. The van der Waals surface area contributed by atoms with E-state index in [1.165, 1.54) is 22.3 Å². The van der Waals surface area contributed by atoms with Gasteiger partial charge >= 0.3 is 0 Å². The lowest BCUT2D eigenvalue weighted by molar-refractivity contribution is 0.0894. The van der Waals surface area contributed by atoms with E-state index in [0.717, 1.165) is 43.6 Å². The molecule has 208 valence electrons. The van der Waals surface area contributed by atoms with Crippen molar-refractivity contribution in [3.05, 3.63) is 142 Å². The molecular formula is C37H36O2S2. The molecule has 0 N–H and O–H groups in total. The van der Waals surface area contributed by atoms with Crippen molar-refractivity contribution in [2.75, 3.05) is 11.5 Å². The summed E-state index contributed by atoms with van der Waals surface area (Å²) in [6.07, 6.45) is 2.55. The summed E-state index contributed by atoms with van der Waals surface area (Å²) in [6, 6.07) is 28.9. The van der Waals surface area contributed by atoms with Crippen LogP contribution in [0.1, 0.15) is 66.4 Å². The summed E-state index contributed by atoms with van der Waals surface area (Å²) in [5.74, 6) is 2.11. The highest BCUT2D eigenvalue weighted by atomic mass is 32.2. The third-order valence-corrected chi connectivity index (χ3v) is 10.4. The zero-order valence-corrected chi connectivity index (χ0v) is 25.8. The molecule has 0 aromatic heterocycles. The number of thioether (sulfide) groups is 2. The summed E-state index contributed by atoms with van der Waals surface area (Å²) in [6.45, 7) is 12.2. The summed E-state index contributed by atoms with van der Waals surface area (Å²) in [5.41, 5.74) is 8.34. The molecule has 4 aromatic carbocycles. The van der Waals surface area contributed by atoms with Crippen molar-refractivity contribution >= 4 is 35.1 Å². The molecule has 41 heavy (non-hydrogen) atoms. The second-order valence-electron chi connectivity index (χ2n) is 11.2. The molecule has 0 aliphatic carbocycles. The van der Waals surface area contributed by atoms with Gasteiger partial charge < -0.3 is 0 Å². The van der Waals surface area contributed by atoms with Gasteiger partial charge in [0.15, 0.2) is 11.6 Å². The highest BCUT2D eigenvalue weighted by Gasteiger charge is 2.43. The minimum Gasteiger partial charge on any atom is -0.293 e. The van der Waals surface area contributed by atoms with Crippen LogP contribution >= 0.6 is 23.5 Å². The fraction of sp³-hybridized carbons (Fsp3) is 0.243. The van der Waals surface area contributed by atoms with E-state index in [9.17, 15) is 9.59 Å². The predicted octanol–water partition coefficient (Wildman–Crippen LogP) is 9.48. The molecule has 6 rings (SSSR count). The van der Waals surface area contributed by atoms with Crippen molar-refractivity contribution in [2.24, 2.45) is 0 Å². The molecule has 2 atom stereocenters. The van der Waals surface area contributed by atoms with E-state index in [-0.39, 0.29) is 17.5 Å². The van der Waals surface area contributed by atoms with Crippen LogP contribution in [-0.4, -0.2) is 23.1 Å². The second kappa shape index (κ2) is 12.3. The van der Waals surface area contributed by atoms with Gasteiger partial charge in [-0.1, -0.05) is 77.9 Å². The molecule has 2 aliphatic heterocycles. The Balaban J connectivity index is 0.000000166. The van der Waals surface area contributed by atoms with Gasteiger partial charge in [-0.15, -0.1) is 30.1 Å². The van der Waals surface area contributed by atoms with Crippen LogP contribution in [0.25, 0.3) is 0 Å². The highest BCUT2D eigenvalue weighted by molar-refractivity contribution is 7.99. The van der Waals surface area contributed by atoms with Crippen LogP contribution in [0, 0.1) is 27.7 Å². The van der Waals surface area contributed by atoms with Gasteiger partial charge in [-0.05, 0) is 80.6 Å². The number of rotatable bonds is 4. The summed E-state index contributed by atoms with van der Waals surface area (Å²) >= 11 is 3.58. The lowest BCUT2D eigenvalue weighted by atomic mass is 9.73. The monoisotopic (exact) mass is 576 g/mol. The fourth-order valence-corrected chi connectivity index (χ4v) is 8.19. The van der Waals surface area contributed by atoms with E-state index in [0.29, 0.717) is 6.42 Å². The number of Topliss-reactive ketones (excluding diaryl/α,β-unsaturated/α-hetero) is 2.